The molecular weight excluding hydrogens is 966 g/mol. The Morgan fingerprint density at radius 3 is 1.17 bits per heavy atom. The van der Waals surface area contributed by atoms with Crippen molar-refractivity contribution in [1.29, 1.82) is 0 Å². The first-order valence-corrected chi connectivity index (χ1v) is 27.3. The summed E-state index contributed by atoms with van der Waals surface area (Å²) in [5.74, 6) is 0. The van der Waals surface area contributed by atoms with Crippen LogP contribution in [0.3, 0.4) is 0 Å². The van der Waals surface area contributed by atoms with Crippen molar-refractivity contribution in [2.75, 3.05) is 13.2 Å². The number of para-hydroxylation sites is 2. The first-order valence-electron chi connectivity index (χ1n) is 27.3. The molecule has 396 valence electrons. The summed E-state index contributed by atoms with van der Waals surface area (Å²) in [6.45, 7) is 22.3. The van der Waals surface area contributed by atoms with Gasteiger partial charge >= 0.3 is 14.4 Å². The van der Waals surface area contributed by atoms with Gasteiger partial charge in [0.15, 0.2) is 0 Å². The summed E-state index contributed by atoms with van der Waals surface area (Å²) in [7, 11) is -0.997. The number of rotatable bonds is 3. The van der Waals surface area contributed by atoms with Crippen LogP contribution in [0.4, 0.5) is 0 Å². The van der Waals surface area contributed by atoms with E-state index in [0.29, 0.717) is 0 Å². The average molecular weight is 1040 g/mol. The molecule has 0 amide bonds. The van der Waals surface area contributed by atoms with Gasteiger partial charge in [-0.3, -0.25) is 0 Å². The van der Waals surface area contributed by atoms with Crippen LogP contribution in [-0.4, -0.2) is 56.2 Å². The Morgan fingerprint density at radius 1 is 0.372 bits per heavy atom. The fourth-order valence-electron chi connectivity index (χ4n) is 11.2. The van der Waals surface area contributed by atoms with Gasteiger partial charge in [-0.2, -0.15) is 0 Å². The van der Waals surface area contributed by atoms with Gasteiger partial charge in [-0.15, -0.1) is 0 Å². The van der Waals surface area contributed by atoms with E-state index in [2.05, 4.69) is 179 Å². The minimum Gasteiger partial charge on any atom is -0.456 e. The quantitative estimate of drug-likeness (QED) is 0.128. The van der Waals surface area contributed by atoms with Gasteiger partial charge in [0.1, 0.15) is 22.3 Å². The molecule has 0 bridgehead atoms. The largest absolute Gasteiger partial charge is 0.640 e. The first-order chi connectivity index (χ1) is 37.0. The van der Waals surface area contributed by atoms with E-state index in [9.17, 15) is 0 Å². The highest BCUT2D eigenvalue weighted by Crippen LogP contribution is 2.45. The van der Waals surface area contributed by atoms with Gasteiger partial charge in [-0.25, -0.2) is 0 Å². The van der Waals surface area contributed by atoms with Crippen molar-refractivity contribution in [3.8, 4) is 0 Å². The van der Waals surface area contributed by atoms with Crippen LogP contribution in [0.5, 0.6) is 0 Å². The van der Waals surface area contributed by atoms with Crippen molar-refractivity contribution in [3.63, 3.8) is 0 Å². The molecule has 10 aromatic carbocycles. The molecule has 0 radical (unpaired) electrons. The molecule has 15 rings (SSSR count). The summed E-state index contributed by atoms with van der Waals surface area (Å²) in [6, 6.07) is 57.9. The molecule has 3 saturated heterocycles. The summed E-state index contributed by atoms with van der Waals surface area (Å²) < 4.78 is 47.5. The van der Waals surface area contributed by atoms with Gasteiger partial charge in [0.25, 0.3) is 0 Å². The molecule has 0 saturated carbocycles. The number of benzene rings is 10. The van der Waals surface area contributed by atoms with Gasteiger partial charge in [-0.05, 0) is 154 Å². The van der Waals surface area contributed by atoms with Crippen molar-refractivity contribution in [2.45, 2.75) is 118 Å². The standard InChI is InChI=1S/C30H25BO3.C24H14O.C9H19BO3.C4H8O.CH4/c1-29(2)30(3,4)34-31(33-29)25-15-9-14-23-24-17-16-22-20-12-6-5-10-18(20)19-11-7-8-13-21(19)26(22)28(24)32-27(23)25;1-2-9-17-15(7-1)16-8-3-4-11-19(16)23-20(17)13-14-21-18-10-5-6-12-22(18)25-24(21)23;1-7(2)11-10-12-8(3,4)9(5,6)13-10;1-2-4-5-3-1;/h5-17H,1-4H3;1-14H;7H,1-6H3;1-4H2;1H4. The second kappa shape index (κ2) is 20.5. The molecule has 0 atom stereocenters. The zero-order valence-corrected chi connectivity index (χ0v) is 45.9. The highest BCUT2D eigenvalue weighted by atomic mass is 16.8. The minimum atomic E-state index is -0.523. The third kappa shape index (κ3) is 9.20. The van der Waals surface area contributed by atoms with E-state index >= 15 is 0 Å². The second-order valence-corrected chi connectivity index (χ2v) is 23.0. The van der Waals surface area contributed by atoms with Gasteiger partial charge in [0, 0.05) is 57.1 Å². The van der Waals surface area contributed by atoms with E-state index in [1.54, 1.807) is 0 Å². The SMILES string of the molecule is C.C1CCOC1.CC(C)OB1OC(C)(C)C(C)(C)O1.CC1(C)OB(c2cccc3c2oc2c3ccc3c4ccccc4c4ccccc4c32)OC1(C)C.c1ccc2c(c1)oc1c2ccc2c3ccccc3c3ccccc3c21. The van der Waals surface area contributed by atoms with Crippen LogP contribution in [0.15, 0.2) is 173 Å². The maximum absolute atomic E-state index is 6.74. The molecule has 8 nitrogen and oxygen atoms in total. The lowest BCUT2D eigenvalue weighted by atomic mass is 9.78. The number of fused-ring (bicyclic) bond motifs is 20. The first kappa shape index (κ1) is 53.3. The minimum absolute atomic E-state index is 0. The monoisotopic (exact) mass is 1040 g/mol. The third-order valence-corrected chi connectivity index (χ3v) is 16.6. The van der Waals surface area contributed by atoms with Crippen molar-refractivity contribution in [2.24, 2.45) is 0 Å². The molecule has 3 aliphatic rings. The van der Waals surface area contributed by atoms with E-state index in [1.165, 1.54) is 82.9 Å². The van der Waals surface area contributed by atoms with E-state index in [-0.39, 0.29) is 24.7 Å². The van der Waals surface area contributed by atoms with Crippen LogP contribution in [0.2, 0.25) is 0 Å². The lowest BCUT2D eigenvalue weighted by molar-refractivity contribution is 0.00578. The van der Waals surface area contributed by atoms with Crippen molar-refractivity contribution in [1.82, 2.24) is 0 Å². The Kier molecular flexibility index (Phi) is 14.0. The maximum Gasteiger partial charge on any atom is 0.640 e. The Morgan fingerprint density at radius 2 is 0.718 bits per heavy atom. The number of hydrogen-bond donors (Lipinski definition) is 0. The summed E-state index contributed by atoms with van der Waals surface area (Å²) in [6.07, 6.45) is 2.68. The summed E-state index contributed by atoms with van der Waals surface area (Å²) in [4.78, 5) is 0. The molecule has 3 fully saturated rings. The maximum atomic E-state index is 6.74. The zero-order chi connectivity index (χ0) is 53.4. The Labute approximate surface area is 458 Å². The van der Waals surface area contributed by atoms with Gasteiger partial charge in [0.2, 0.25) is 0 Å². The summed E-state index contributed by atoms with van der Waals surface area (Å²) >= 11 is 0. The second-order valence-electron chi connectivity index (χ2n) is 23.0. The van der Waals surface area contributed by atoms with Crippen LogP contribution in [0.1, 0.15) is 89.5 Å². The van der Waals surface area contributed by atoms with Crippen LogP contribution in [0.25, 0.3) is 109 Å². The summed E-state index contributed by atoms with van der Waals surface area (Å²) in [5.41, 5.74) is 3.20. The van der Waals surface area contributed by atoms with Crippen molar-refractivity contribution < 1.29 is 36.8 Å². The molecule has 0 spiro atoms. The number of hydrogen-bond acceptors (Lipinski definition) is 8. The fraction of sp³-hybridized carbons (Fsp3) is 0.294. The smallest absolute Gasteiger partial charge is 0.456 e. The Balaban J connectivity index is 0.000000128. The molecule has 3 aliphatic heterocycles. The average Bonchev–Trinajstić information content (AvgIpc) is 4.39. The normalized spacial score (nSPS) is 17.3. The van der Waals surface area contributed by atoms with E-state index < -0.39 is 25.6 Å². The molecule has 12 aromatic rings. The highest BCUT2D eigenvalue weighted by Gasteiger charge is 2.54. The van der Waals surface area contributed by atoms with Crippen LogP contribution in [0, 0.1) is 0 Å². The van der Waals surface area contributed by atoms with Crippen molar-refractivity contribution >= 4 is 128 Å². The molecule has 0 N–H and O–H groups in total. The zero-order valence-electron chi connectivity index (χ0n) is 45.9. The number of ether oxygens (including phenoxy) is 1. The predicted molar refractivity (Wildman–Crippen MR) is 327 cm³/mol. The highest BCUT2D eigenvalue weighted by molar-refractivity contribution is 6.65. The molecule has 10 heteroatoms. The Hall–Kier alpha value is -6.75. The van der Waals surface area contributed by atoms with Crippen LogP contribution in [-0.2, 0) is 28.0 Å². The molecule has 0 unspecified atom stereocenters. The number of furan rings is 2. The van der Waals surface area contributed by atoms with Gasteiger partial charge in [-0.1, -0.05) is 153 Å². The van der Waals surface area contributed by atoms with Gasteiger partial charge in [0.05, 0.1) is 22.4 Å². The van der Waals surface area contributed by atoms with E-state index in [0.717, 1.165) is 57.2 Å². The molecular formula is C68H70B2O8. The predicted octanol–water partition coefficient (Wildman–Crippen LogP) is 17.8. The summed E-state index contributed by atoms with van der Waals surface area (Å²) in [5, 5.41) is 19.4. The fourth-order valence-corrected chi connectivity index (χ4v) is 11.2. The van der Waals surface area contributed by atoms with Crippen LogP contribution < -0.4 is 5.46 Å². The third-order valence-electron chi connectivity index (χ3n) is 16.6. The molecule has 2 aromatic heterocycles. The van der Waals surface area contributed by atoms with Gasteiger partial charge < -0.3 is 36.8 Å². The van der Waals surface area contributed by atoms with E-state index in [1.807, 2.05) is 53.7 Å². The molecule has 78 heavy (non-hydrogen) atoms. The molecule has 5 heterocycles. The van der Waals surface area contributed by atoms with E-state index in [4.69, 9.17) is 36.8 Å². The molecule has 0 aliphatic carbocycles. The van der Waals surface area contributed by atoms with Crippen LogP contribution >= 0.6 is 0 Å². The topological polar surface area (TPSA) is 81.7 Å². The van der Waals surface area contributed by atoms with Crippen molar-refractivity contribution in [3.05, 3.63) is 164 Å². The lowest BCUT2D eigenvalue weighted by Crippen LogP contribution is -2.41. The Bertz CT molecular complexity index is 4090. The lowest BCUT2D eigenvalue weighted by Gasteiger charge is -2.32.